The van der Waals surface area contributed by atoms with Crippen molar-refractivity contribution in [1.29, 1.82) is 0 Å². The lowest BCUT2D eigenvalue weighted by atomic mass is 9.96. The maximum absolute atomic E-state index is 13.2. The molecule has 3 aromatic carbocycles. The topological polar surface area (TPSA) is 58.6 Å². The summed E-state index contributed by atoms with van der Waals surface area (Å²) in [7, 11) is 0. The normalized spacial score (nSPS) is 15.7. The van der Waals surface area contributed by atoms with Crippen LogP contribution >= 0.6 is 23.2 Å². The number of carbonyl (C=O) groups is 2. The first-order chi connectivity index (χ1) is 14.5. The predicted octanol–water partition coefficient (Wildman–Crippen LogP) is 4.94. The number of carbonyl (C=O) groups excluding carboxylic acids is 2. The maximum atomic E-state index is 13.2. The van der Waals surface area contributed by atoms with E-state index in [1.807, 2.05) is 36.4 Å². The molecule has 30 heavy (non-hydrogen) atoms. The summed E-state index contributed by atoms with van der Waals surface area (Å²) in [6.07, 6.45) is 0. The molecular weight excluding hydrogens is 423 g/mol. The molecule has 0 aliphatic carbocycles. The van der Waals surface area contributed by atoms with Crippen LogP contribution in [0.15, 0.2) is 72.8 Å². The fraction of sp³-hybridized carbons (Fsp3) is 0.130. The summed E-state index contributed by atoms with van der Waals surface area (Å²) >= 11 is 12.0. The average Bonchev–Trinajstić information content (AvgIpc) is 2.89. The van der Waals surface area contributed by atoms with Gasteiger partial charge >= 0.3 is 0 Å². The van der Waals surface area contributed by atoms with Crippen molar-refractivity contribution < 1.29 is 14.3 Å². The van der Waals surface area contributed by atoms with Crippen molar-refractivity contribution >= 4 is 40.7 Å². The Bertz CT molecular complexity index is 1070. The van der Waals surface area contributed by atoms with E-state index in [0.29, 0.717) is 21.5 Å². The zero-order chi connectivity index (χ0) is 21.1. The zero-order valence-corrected chi connectivity index (χ0v) is 17.4. The molecule has 0 saturated carbocycles. The van der Waals surface area contributed by atoms with Crippen molar-refractivity contribution in [2.75, 3.05) is 18.5 Å². The van der Waals surface area contributed by atoms with Crippen molar-refractivity contribution in [2.24, 2.45) is 0 Å². The van der Waals surface area contributed by atoms with Crippen molar-refractivity contribution in [3.8, 4) is 5.75 Å². The molecule has 0 fully saturated rings. The minimum Gasteiger partial charge on any atom is -0.484 e. The molecule has 3 aromatic rings. The van der Waals surface area contributed by atoms with Crippen LogP contribution in [-0.2, 0) is 9.59 Å². The van der Waals surface area contributed by atoms with Gasteiger partial charge in [0.05, 0.1) is 6.04 Å². The van der Waals surface area contributed by atoms with Gasteiger partial charge in [0.15, 0.2) is 6.61 Å². The van der Waals surface area contributed by atoms with Crippen LogP contribution in [0.2, 0.25) is 10.0 Å². The van der Waals surface area contributed by atoms with E-state index in [-0.39, 0.29) is 25.0 Å². The number of rotatable bonds is 4. The number of nitrogens with one attached hydrogen (secondary N) is 1. The van der Waals surface area contributed by atoms with Gasteiger partial charge in [-0.2, -0.15) is 0 Å². The molecule has 4 rings (SSSR count). The zero-order valence-electron chi connectivity index (χ0n) is 15.8. The lowest BCUT2D eigenvalue weighted by molar-refractivity contribution is -0.138. The standard InChI is InChI=1S/C23H18Cl2N2O3/c24-16-6-9-18(10-7-16)30-14-22(29)27-13-21(28)26-20-12-17(25)8-11-19(20)23(27)15-4-2-1-3-5-15/h1-12,23H,13-14H2,(H,26,28). The van der Waals surface area contributed by atoms with Crippen LogP contribution in [0, 0.1) is 0 Å². The minimum absolute atomic E-state index is 0.103. The predicted molar refractivity (Wildman–Crippen MR) is 117 cm³/mol. The lowest BCUT2D eigenvalue weighted by Gasteiger charge is -2.30. The molecule has 0 spiro atoms. The second-order valence-corrected chi connectivity index (χ2v) is 7.73. The average molecular weight is 441 g/mol. The van der Waals surface area contributed by atoms with E-state index in [1.54, 1.807) is 36.4 Å². The number of fused-ring (bicyclic) bond motifs is 1. The maximum Gasteiger partial charge on any atom is 0.261 e. The van der Waals surface area contributed by atoms with Gasteiger partial charge in [-0.05, 0) is 42.0 Å². The molecule has 0 saturated heterocycles. The lowest BCUT2D eigenvalue weighted by Crippen LogP contribution is -2.41. The van der Waals surface area contributed by atoms with Gasteiger partial charge in [-0.3, -0.25) is 9.59 Å². The summed E-state index contributed by atoms with van der Waals surface area (Å²) in [5.74, 6) is -0.0796. The van der Waals surface area contributed by atoms with E-state index in [1.165, 1.54) is 4.90 Å². The summed E-state index contributed by atoms with van der Waals surface area (Å²) in [5, 5.41) is 3.94. The van der Waals surface area contributed by atoms with Crippen molar-refractivity contribution in [3.05, 3.63) is 94.0 Å². The summed E-state index contributed by atoms with van der Waals surface area (Å²) < 4.78 is 5.64. The highest BCUT2D eigenvalue weighted by molar-refractivity contribution is 6.31. The first-order valence-electron chi connectivity index (χ1n) is 9.33. The van der Waals surface area contributed by atoms with Crippen molar-refractivity contribution in [2.45, 2.75) is 6.04 Å². The number of benzene rings is 3. The van der Waals surface area contributed by atoms with Gasteiger partial charge in [-0.15, -0.1) is 0 Å². The number of halogens is 2. The Hall–Kier alpha value is -3.02. The van der Waals surface area contributed by atoms with Gasteiger partial charge in [0.2, 0.25) is 5.91 Å². The molecule has 1 aliphatic rings. The monoisotopic (exact) mass is 440 g/mol. The largest absolute Gasteiger partial charge is 0.484 e. The van der Waals surface area contributed by atoms with E-state index >= 15 is 0 Å². The number of amides is 2. The molecule has 7 heteroatoms. The van der Waals surface area contributed by atoms with Gasteiger partial charge in [-0.25, -0.2) is 0 Å². The number of anilines is 1. The summed E-state index contributed by atoms with van der Waals surface area (Å²) in [6, 6.07) is 21.1. The number of hydrogen-bond acceptors (Lipinski definition) is 3. The Morgan fingerprint density at radius 2 is 1.70 bits per heavy atom. The fourth-order valence-corrected chi connectivity index (χ4v) is 3.76. The second-order valence-electron chi connectivity index (χ2n) is 6.86. The molecule has 0 bridgehead atoms. The minimum atomic E-state index is -0.460. The molecule has 0 radical (unpaired) electrons. The van der Waals surface area contributed by atoms with E-state index < -0.39 is 6.04 Å². The third-order valence-corrected chi connectivity index (χ3v) is 5.31. The highest BCUT2D eigenvalue weighted by atomic mass is 35.5. The number of nitrogens with zero attached hydrogens (tertiary/aromatic N) is 1. The van der Waals surface area contributed by atoms with Gasteiger partial charge in [0, 0.05) is 21.3 Å². The second kappa shape index (κ2) is 8.78. The molecule has 2 amide bonds. The molecule has 1 N–H and O–H groups in total. The summed E-state index contributed by atoms with van der Waals surface area (Å²) in [5.41, 5.74) is 2.27. The van der Waals surface area contributed by atoms with Gasteiger partial charge < -0.3 is 15.0 Å². The van der Waals surface area contributed by atoms with E-state index in [4.69, 9.17) is 27.9 Å². The van der Waals surface area contributed by atoms with Crippen LogP contribution in [-0.4, -0.2) is 29.9 Å². The SMILES string of the molecule is O=C1CN(C(=O)COc2ccc(Cl)cc2)C(c2ccccc2)c2ccc(Cl)cc2N1. The summed E-state index contributed by atoms with van der Waals surface area (Å²) in [4.78, 5) is 27.3. The van der Waals surface area contributed by atoms with Crippen LogP contribution in [0.5, 0.6) is 5.75 Å². The van der Waals surface area contributed by atoms with Crippen LogP contribution in [0.4, 0.5) is 5.69 Å². The first-order valence-corrected chi connectivity index (χ1v) is 10.1. The fourth-order valence-electron chi connectivity index (χ4n) is 3.46. The van der Waals surface area contributed by atoms with Crippen LogP contribution in [0.3, 0.4) is 0 Å². The highest BCUT2D eigenvalue weighted by Crippen LogP contribution is 2.37. The molecule has 1 aliphatic heterocycles. The van der Waals surface area contributed by atoms with Crippen molar-refractivity contribution in [3.63, 3.8) is 0 Å². The summed E-state index contributed by atoms with van der Waals surface area (Å²) in [6.45, 7) is -0.310. The smallest absolute Gasteiger partial charge is 0.261 e. The molecule has 1 atom stereocenters. The highest BCUT2D eigenvalue weighted by Gasteiger charge is 2.33. The molecule has 0 aromatic heterocycles. The molecular formula is C23H18Cl2N2O3. The third kappa shape index (κ3) is 4.42. The van der Waals surface area contributed by atoms with E-state index in [0.717, 1.165) is 11.1 Å². The Balaban J connectivity index is 1.68. The molecule has 152 valence electrons. The van der Waals surface area contributed by atoms with Crippen LogP contribution in [0.25, 0.3) is 0 Å². The Kier molecular flexibility index (Phi) is 5.93. The van der Waals surface area contributed by atoms with E-state index in [2.05, 4.69) is 5.32 Å². The Morgan fingerprint density at radius 3 is 2.43 bits per heavy atom. The number of ether oxygens (including phenoxy) is 1. The number of hydrogen-bond donors (Lipinski definition) is 1. The Morgan fingerprint density at radius 1 is 1.00 bits per heavy atom. The molecule has 1 unspecified atom stereocenters. The van der Waals surface area contributed by atoms with E-state index in [9.17, 15) is 9.59 Å². The molecule has 5 nitrogen and oxygen atoms in total. The Labute approximate surface area is 184 Å². The van der Waals surface area contributed by atoms with Gasteiger partial charge in [0.25, 0.3) is 5.91 Å². The van der Waals surface area contributed by atoms with Crippen LogP contribution in [0.1, 0.15) is 17.2 Å². The third-order valence-electron chi connectivity index (χ3n) is 4.82. The van der Waals surface area contributed by atoms with Gasteiger partial charge in [0.1, 0.15) is 12.3 Å². The van der Waals surface area contributed by atoms with Crippen LogP contribution < -0.4 is 10.1 Å². The quantitative estimate of drug-likeness (QED) is 0.624. The van der Waals surface area contributed by atoms with Crippen molar-refractivity contribution in [1.82, 2.24) is 4.90 Å². The first kappa shape index (κ1) is 20.3. The molecule has 1 heterocycles. The van der Waals surface area contributed by atoms with Gasteiger partial charge in [-0.1, -0.05) is 59.6 Å².